The zero-order chi connectivity index (χ0) is 16.2. The molecule has 0 aliphatic carbocycles. The van der Waals surface area contributed by atoms with Crippen LogP contribution in [-0.2, 0) is 9.59 Å². The molecule has 0 fully saturated rings. The normalized spacial score (nSPS) is 15.1. The molecular formula is C15H19F2NO3. The van der Waals surface area contributed by atoms with Gasteiger partial charge in [-0.05, 0) is 31.4 Å². The van der Waals surface area contributed by atoms with Crippen molar-refractivity contribution in [2.45, 2.75) is 39.2 Å². The number of halogens is 2. The Balaban J connectivity index is 2.64. The first-order valence-corrected chi connectivity index (χ1v) is 6.69. The van der Waals surface area contributed by atoms with E-state index in [1.165, 1.54) is 13.0 Å². The van der Waals surface area contributed by atoms with Crippen molar-refractivity contribution in [3.63, 3.8) is 0 Å². The number of benzene rings is 1. The van der Waals surface area contributed by atoms with Crippen molar-refractivity contribution >= 4 is 11.9 Å². The summed E-state index contributed by atoms with van der Waals surface area (Å²) in [4.78, 5) is 22.6. The highest BCUT2D eigenvalue weighted by molar-refractivity contribution is 5.78. The smallest absolute Gasteiger partial charge is 0.308 e. The van der Waals surface area contributed by atoms with Gasteiger partial charge in [0, 0.05) is 18.5 Å². The zero-order valence-corrected chi connectivity index (χ0v) is 12.2. The van der Waals surface area contributed by atoms with E-state index in [-0.39, 0.29) is 17.9 Å². The maximum atomic E-state index is 13.6. The largest absolute Gasteiger partial charge is 0.481 e. The molecule has 0 radical (unpaired) electrons. The SMILES string of the molecule is CC(CC(=O)NC(C)C(C)C(=O)O)c1ccc(F)cc1F. The summed E-state index contributed by atoms with van der Waals surface area (Å²) < 4.78 is 26.4. The molecule has 3 atom stereocenters. The fourth-order valence-electron chi connectivity index (χ4n) is 1.94. The van der Waals surface area contributed by atoms with Gasteiger partial charge in [-0.25, -0.2) is 8.78 Å². The van der Waals surface area contributed by atoms with Crippen molar-refractivity contribution in [1.82, 2.24) is 5.32 Å². The number of carboxylic acid groups (broad SMARTS) is 1. The molecule has 4 nitrogen and oxygen atoms in total. The minimum absolute atomic E-state index is 0.000762. The van der Waals surface area contributed by atoms with Gasteiger partial charge in [-0.1, -0.05) is 13.0 Å². The fourth-order valence-corrected chi connectivity index (χ4v) is 1.94. The van der Waals surface area contributed by atoms with Crippen LogP contribution >= 0.6 is 0 Å². The number of hydrogen-bond donors (Lipinski definition) is 2. The molecular weight excluding hydrogens is 280 g/mol. The first kappa shape index (κ1) is 17.1. The van der Waals surface area contributed by atoms with E-state index in [0.29, 0.717) is 0 Å². The second-order valence-corrected chi connectivity index (χ2v) is 5.25. The molecule has 0 saturated carbocycles. The van der Waals surface area contributed by atoms with Crippen LogP contribution in [0.2, 0.25) is 0 Å². The van der Waals surface area contributed by atoms with Gasteiger partial charge in [0.2, 0.25) is 5.91 Å². The lowest BCUT2D eigenvalue weighted by molar-refractivity contribution is -0.142. The van der Waals surface area contributed by atoms with E-state index in [2.05, 4.69) is 5.32 Å². The number of carbonyl (C=O) groups excluding carboxylic acids is 1. The molecule has 1 amide bonds. The van der Waals surface area contributed by atoms with E-state index < -0.39 is 35.5 Å². The van der Waals surface area contributed by atoms with Crippen molar-refractivity contribution in [3.05, 3.63) is 35.4 Å². The molecule has 0 aliphatic heterocycles. The summed E-state index contributed by atoms with van der Waals surface area (Å²) in [6.45, 7) is 4.75. The van der Waals surface area contributed by atoms with Gasteiger partial charge in [0.1, 0.15) is 11.6 Å². The van der Waals surface area contributed by atoms with Gasteiger partial charge in [-0.15, -0.1) is 0 Å². The van der Waals surface area contributed by atoms with Gasteiger partial charge < -0.3 is 10.4 Å². The van der Waals surface area contributed by atoms with Crippen LogP contribution in [0.15, 0.2) is 18.2 Å². The molecule has 2 N–H and O–H groups in total. The Kier molecular flexibility index (Phi) is 5.81. The Hall–Kier alpha value is -1.98. The first-order valence-electron chi connectivity index (χ1n) is 6.69. The molecule has 1 aromatic rings. The lowest BCUT2D eigenvalue weighted by Gasteiger charge is -2.19. The molecule has 0 spiro atoms. The Morgan fingerprint density at radius 3 is 2.38 bits per heavy atom. The maximum absolute atomic E-state index is 13.6. The third-order valence-corrected chi connectivity index (χ3v) is 3.51. The van der Waals surface area contributed by atoms with Gasteiger partial charge in [-0.2, -0.15) is 0 Å². The van der Waals surface area contributed by atoms with Crippen LogP contribution in [-0.4, -0.2) is 23.0 Å². The number of carboxylic acids is 1. The molecule has 0 heterocycles. The summed E-state index contributed by atoms with van der Waals surface area (Å²) in [5, 5.41) is 11.4. The molecule has 1 rings (SSSR count). The van der Waals surface area contributed by atoms with Gasteiger partial charge in [-0.3, -0.25) is 9.59 Å². The lowest BCUT2D eigenvalue weighted by Crippen LogP contribution is -2.40. The summed E-state index contributed by atoms with van der Waals surface area (Å²) in [7, 11) is 0. The molecule has 0 saturated heterocycles. The molecule has 21 heavy (non-hydrogen) atoms. The highest BCUT2D eigenvalue weighted by Gasteiger charge is 2.22. The summed E-state index contributed by atoms with van der Waals surface area (Å²) in [5.41, 5.74) is 0.255. The fraction of sp³-hybridized carbons (Fsp3) is 0.467. The molecule has 0 aliphatic rings. The first-order chi connectivity index (χ1) is 9.72. The number of hydrogen-bond acceptors (Lipinski definition) is 2. The van der Waals surface area contributed by atoms with E-state index in [9.17, 15) is 18.4 Å². The summed E-state index contributed by atoms with van der Waals surface area (Å²) >= 11 is 0. The molecule has 0 bridgehead atoms. The minimum atomic E-state index is -1.000. The van der Waals surface area contributed by atoms with Gasteiger partial charge in [0.05, 0.1) is 5.92 Å². The zero-order valence-electron chi connectivity index (χ0n) is 12.2. The monoisotopic (exact) mass is 299 g/mol. The van der Waals surface area contributed by atoms with Gasteiger partial charge in [0.25, 0.3) is 0 Å². The average Bonchev–Trinajstić information content (AvgIpc) is 2.36. The highest BCUT2D eigenvalue weighted by Crippen LogP contribution is 2.22. The highest BCUT2D eigenvalue weighted by atomic mass is 19.1. The summed E-state index contributed by atoms with van der Waals surface area (Å²) in [6.07, 6.45) is -0.000762. The average molecular weight is 299 g/mol. The molecule has 3 unspecified atom stereocenters. The van der Waals surface area contributed by atoms with Crippen LogP contribution in [0.5, 0.6) is 0 Å². The molecule has 6 heteroatoms. The Morgan fingerprint density at radius 2 is 1.86 bits per heavy atom. The van der Waals surface area contributed by atoms with Crippen molar-refractivity contribution in [1.29, 1.82) is 0 Å². The van der Waals surface area contributed by atoms with Crippen molar-refractivity contribution in [3.8, 4) is 0 Å². The molecule has 0 aromatic heterocycles. The number of carbonyl (C=O) groups is 2. The molecule has 116 valence electrons. The quantitative estimate of drug-likeness (QED) is 0.848. The molecule has 1 aromatic carbocycles. The van der Waals surface area contributed by atoms with Crippen molar-refractivity contribution < 1.29 is 23.5 Å². The second-order valence-electron chi connectivity index (χ2n) is 5.25. The van der Waals surface area contributed by atoms with Crippen molar-refractivity contribution in [2.24, 2.45) is 5.92 Å². The third kappa shape index (κ3) is 4.81. The van der Waals surface area contributed by atoms with Crippen molar-refractivity contribution in [2.75, 3.05) is 0 Å². The van der Waals surface area contributed by atoms with E-state index in [0.717, 1.165) is 12.1 Å². The van der Waals surface area contributed by atoms with Gasteiger partial charge >= 0.3 is 5.97 Å². The van der Waals surface area contributed by atoms with Crippen LogP contribution in [0, 0.1) is 17.6 Å². The Labute approximate surface area is 122 Å². The van der Waals surface area contributed by atoms with Crippen LogP contribution in [0.1, 0.15) is 38.7 Å². The second kappa shape index (κ2) is 7.15. The number of rotatable bonds is 6. The predicted octanol–water partition coefficient (Wildman–Crippen LogP) is 2.68. The van der Waals surface area contributed by atoms with E-state index in [4.69, 9.17) is 5.11 Å². The van der Waals surface area contributed by atoms with E-state index in [1.807, 2.05) is 0 Å². The standard InChI is InChI=1S/C15H19F2NO3/c1-8(12-5-4-11(16)7-13(12)17)6-14(19)18-10(3)9(2)15(20)21/h4-5,7-10H,6H2,1-3H3,(H,18,19)(H,20,21). The summed E-state index contributed by atoms with van der Waals surface area (Å²) in [6, 6.07) is 2.70. The third-order valence-electron chi connectivity index (χ3n) is 3.51. The lowest BCUT2D eigenvalue weighted by atomic mass is 9.96. The Bertz CT molecular complexity index is 534. The van der Waals surface area contributed by atoms with Crippen LogP contribution in [0.4, 0.5) is 8.78 Å². The van der Waals surface area contributed by atoms with Crippen LogP contribution in [0.3, 0.4) is 0 Å². The number of nitrogens with one attached hydrogen (secondary N) is 1. The number of aliphatic carboxylic acids is 1. The number of amides is 1. The van der Waals surface area contributed by atoms with Gasteiger partial charge in [0.15, 0.2) is 0 Å². The summed E-state index contributed by atoms with van der Waals surface area (Å²) in [5.74, 6) is -3.88. The maximum Gasteiger partial charge on any atom is 0.308 e. The minimum Gasteiger partial charge on any atom is -0.481 e. The van der Waals surface area contributed by atoms with E-state index >= 15 is 0 Å². The Morgan fingerprint density at radius 1 is 1.24 bits per heavy atom. The van der Waals surface area contributed by atoms with E-state index in [1.54, 1.807) is 13.8 Å². The van der Waals surface area contributed by atoms with Crippen LogP contribution in [0.25, 0.3) is 0 Å². The van der Waals surface area contributed by atoms with Crippen LogP contribution < -0.4 is 5.32 Å². The topological polar surface area (TPSA) is 66.4 Å². The predicted molar refractivity (Wildman–Crippen MR) is 73.8 cm³/mol.